The summed E-state index contributed by atoms with van der Waals surface area (Å²) in [6, 6.07) is 0. The molecular formula is C14H27Cl2N5O. The second-order valence-electron chi connectivity index (χ2n) is 6.25. The van der Waals surface area contributed by atoms with Gasteiger partial charge in [-0.25, -0.2) is 0 Å². The highest BCUT2D eigenvalue weighted by atomic mass is 35.5. The van der Waals surface area contributed by atoms with Crippen LogP contribution >= 0.6 is 24.8 Å². The van der Waals surface area contributed by atoms with Gasteiger partial charge < -0.3 is 15.2 Å². The Hall–Kier alpha value is -0.400. The maximum absolute atomic E-state index is 5.53. The first kappa shape index (κ1) is 19.6. The topological polar surface area (TPSA) is 71.4 Å². The molecule has 1 aromatic heterocycles. The minimum Gasteiger partial charge on any atom is -0.338 e. The van der Waals surface area contributed by atoms with Crippen LogP contribution in [0.15, 0.2) is 4.52 Å². The third-order valence-corrected chi connectivity index (χ3v) is 4.79. The van der Waals surface area contributed by atoms with E-state index >= 15 is 0 Å². The Balaban J connectivity index is 0.00000121. The lowest BCUT2D eigenvalue weighted by atomic mass is 9.78. The van der Waals surface area contributed by atoms with E-state index in [4.69, 9.17) is 10.3 Å². The number of likely N-dealkylation sites (N-methyl/N-ethyl adjacent to an activating group) is 1. The second-order valence-corrected chi connectivity index (χ2v) is 6.25. The standard InChI is InChI=1S/C14H25N5O.2ClH/c1-18-7-8-19(10-12-16-13(9-15)20-17-12)14(11-18)5-3-2-4-6-14;;/h2-11,15H2,1H3;2*1H. The molecule has 22 heavy (non-hydrogen) atoms. The predicted octanol–water partition coefficient (Wildman–Crippen LogP) is 1.82. The fourth-order valence-corrected chi connectivity index (χ4v) is 3.75. The maximum atomic E-state index is 5.53. The Kier molecular flexibility index (Phi) is 7.55. The third-order valence-electron chi connectivity index (χ3n) is 4.79. The van der Waals surface area contributed by atoms with Crippen molar-refractivity contribution in [1.29, 1.82) is 0 Å². The van der Waals surface area contributed by atoms with Crippen molar-refractivity contribution in [2.75, 3.05) is 26.7 Å². The molecular weight excluding hydrogens is 325 g/mol. The van der Waals surface area contributed by atoms with E-state index in [2.05, 4.69) is 27.0 Å². The molecule has 1 spiro atoms. The SMILES string of the molecule is CN1CCN(Cc2noc(CN)n2)C2(CCCCC2)C1.Cl.Cl. The number of rotatable bonds is 3. The van der Waals surface area contributed by atoms with Crippen LogP contribution in [-0.2, 0) is 13.1 Å². The monoisotopic (exact) mass is 351 g/mol. The van der Waals surface area contributed by atoms with E-state index in [9.17, 15) is 0 Å². The summed E-state index contributed by atoms with van der Waals surface area (Å²) >= 11 is 0. The van der Waals surface area contributed by atoms with E-state index in [0.717, 1.165) is 32.0 Å². The average Bonchev–Trinajstić information content (AvgIpc) is 2.91. The summed E-state index contributed by atoms with van der Waals surface area (Å²) in [6.07, 6.45) is 6.63. The van der Waals surface area contributed by atoms with Crippen molar-refractivity contribution in [3.63, 3.8) is 0 Å². The van der Waals surface area contributed by atoms with Crippen molar-refractivity contribution in [3.8, 4) is 0 Å². The fourth-order valence-electron chi connectivity index (χ4n) is 3.75. The highest BCUT2D eigenvalue weighted by Crippen LogP contribution is 2.36. The van der Waals surface area contributed by atoms with E-state index in [1.165, 1.54) is 32.1 Å². The molecule has 0 radical (unpaired) electrons. The largest absolute Gasteiger partial charge is 0.338 e. The number of aromatic nitrogens is 2. The molecule has 1 aliphatic carbocycles. The van der Waals surface area contributed by atoms with Gasteiger partial charge in [0, 0.05) is 25.2 Å². The molecule has 0 amide bonds. The molecule has 8 heteroatoms. The van der Waals surface area contributed by atoms with Crippen molar-refractivity contribution in [2.45, 2.75) is 50.7 Å². The highest BCUT2D eigenvalue weighted by Gasteiger charge is 2.41. The number of nitrogens with two attached hydrogens (primary N) is 1. The van der Waals surface area contributed by atoms with Gasteiger partial charge in [0.2, 0.25) is 5.89 Å². The molecule has 1 aromatic rings. The van der Waals surface area contributed by atoms with Crippen LogP contribution in [0.1, 0.15) is 43.8 Å². The summed E-state index contributed by atoms with van der Waals surface area (Å²) in [5, 5.41) is 4.06. The van der Waals surface area contributed by atoms with Crippen molar-refractivity contribution >= 4 is 24.8 Å². The molecule has 2 N–H and O–H groups in total. The van der Waals surface area contributed by atoms with Gasteiger partial charge in [-0.3, -0.25) is 4.90 Å². The molecule has 0 bridgehead atoms. The number of hydrogen-bond donors (Lipinski definition) is 1. The van der Waals surface area contributed by atoms with Crippen LogP contribution in [0.5, 0.6) is 0 Å². The zero-order valence-corrected chi connectivity index (χ0v) is 14.8. The lowest BCUT2D eigenvalue weighted by Crippen LogP contribution is -2.61. The van der Waals surface area contributed by atoms with Gasteiger partial charge in [-0.05, 0) is 19.9 Å². The van der Waals surface area contributed by atoms with Gasteiger partial charge in [0.25, 0.3) is 0 Å². The van der Waals surface area contributed by atoms with Crippen LogP contribution < -0.4 is 5.73 Å². The van der Waals surface area contributed by atoms with Gasteiger partial charge in [-0.1, -0.05) is 24.4 Å². The van der Waals surface area contributed by atoms with Crippen molar-refractivity contribution in [3.05, 3.63) is 11.7 Å². The lowest BCUT2D eigenvalue weighted by Gasteiger charge is -2.52. The second kappa shape index (κ2) is 8.45. The average molecular weight is 352 g/mol. The summed E-state index contributed by atoms with van der Waals surface area (Å²) in [7, 11) is 2.23. The van der Waals surface area contributed by atoms with Gasteiger partial charge in [0.1, 0.15) is 0 Å². The minimum atomic E-state index is 0. The van der Waals surface area contributed by atoms with Crippen LogP contribution in [0.4, 0.5) is 0 Å². The summed E-state index contributed by atoms with van der Waals surface area (Å²) in [4.78, 5) is 9.40. The van der Waals surface area contributed by atoms with E-state index in [1.54, 1.807) is 0 Å². The predicted molar refractivity (Wildman–Crippen MR) is 90.4 cm³/mol. The lowest BCUT2D eigenvalue weighted by molar-refractivity contribution is -0.0256. The van der Waals surface area contributed by atoms with Gasteiger partial charge in [-0.15, -0.1) is 24.8 Å². The number of hydrogen-bond acceptors (Lipinski definition) is 6. The Morgan fingerprint density at radius 1 is 1.18 bits per heavy atom. The molecule has 128 valence electrons. The van der Waals surface area contributed by atoms with Crippen molar-refractivity contribution in [1.82, 2.24) is 19.9 Å². The Morgan fingerprint density at radius 2 is 1.91 bits per heavy atom. The first-order valence-electron chi connectivity index (χ1n) is 7.67. The van der Waals surface area contributed by atoms with E-state index in [1.807, 2.05) is 0 Å². The van der Waals surface area contributed by atoms with Crippen molar-refractivity contribution in [2.24, 2.45) is 5.73 Å². The zero-order valence-electron chi connectivity index (χ0n) is 13.2. The summed E-state index contributed by atoms with van der Waals surface area (Å²) in [5.74, 6) is 1.31. The van der Waals surface area contributed by atoms with Crippen LogP contribution in [-0.4, -0.2) is 52.2 Å². The first-order valence-corrected chi connectivity index (χ1v) is 7.67. The molecule has 0 atom stereocenters. The van der Waals surface area contributed by atoms with Gasteiger partial charge in [0.15, 0.2) is 5.82 Å². The summed E-state index contributed by atoms with van der Waals surface area (Å²) in [6.45, 7) is 4.47. The Morgan fingerprint density at radius 3 is 2.55 bits per heavy atom. The minimum absolute atomic E-state index is 0. The van der Waals surface area contributed by atoms with Crippen molar-refractivity contribution < 1.29 is 4.52 Å². The van der Waals surface area contributed by atoms with Crippen LogP contribution in [0.2, 0.25) is 0 Å². The molecule has 1 saturated carbocycles. The van der Waals surface area contributed by atoms with E-state index in [-0.39, 0.29) is 24.8 Å². The smallest absolute Gasteiger partial charge is 0.240 e. The molecule has 2 aliphatic rings. The van der Waals surface area contributed by atoms with Crippen LogP contribution in [0, 0.1) is 0 Å². The summed E-state index contributed by atoms with van der Waals surface area (Å²) in [5.41, 5.74) is 5.85. The Bertz CT molecular complexity index is 450. The fraction of sp³-hybridized carbons (Fsp3) is 0.857. The van der Waals surface area contributed by atoms with Gasteiger partial charge in [-0.2, -0.15) is 4.98 Å². The number of halogens is 2. The highest BCUT2D eigenvalue weighted by molar-refractivity contribution is 5.85. The third kappa shape index (κ3) is 4.11. The van der Waals surface area contributed by atoms with Crippen LogP contribution in [0.25, 0.3) is 0 Å². The molecule has 6 nitrogen and oxygen atoms in total. The molecule has 0 unspecified atom stereocenters. The zero-order chi connectivity index (χ0) is 14.0. The molecule has 2 fully saturated rings. The molecule has 0 aromatic carbocycles. The normalized spacial score (nSPS) is 22.1. The first-order chi connectivity index (χ1) is 9.72. The summed E-state index contributed by atoms with van der Waals surface area (Å²) < 4.78 is 5.13. The van der Waals surface area contributed by atoms with E-state index < -0.39 is 0 Å². The maximum Gasteiger partial charge on any atom is 0.240 e. The number of nitrogens with zero attached hydrogens (tertiary/aromatic N) is 4. The molecule has 3 rings (SSSR count). The van der Waals surface area contributed by atoms with Gasteiger partial charge in [0.05, 0.1) is 13.1 Å². The molecule has 1 saturated heterocycles. The van der Waals surface area contributed by atoms with Gasteiger partial charge >= 0.3 is 0 Å². The molecule has 1 aliphatic heterocycles. The molecule has 2 heterocycles. The van der Waals surface area contributed by atoms with E-state index in [0.29, 0.717) is 18.0 Å². The number of piperazine rings is 1. The quantitative estimate of drug-likeness (QED) is 0.895. The Labute approximate surface area is 144 Å². The van der Waals surface area contributed by atoms with Crippen LogP contribution in [0.3, 0.4) is 0 Å².